The molecule has 33 heavy (non-hydrogen) atoms. The molecule has 0 fully saturated rings. The van der Waals surface area contributed by atoms with Crippen molar-refractivity contribution in [3.05, 3.63) is 58.9 Å². The molecule has 2 aromatic carbocycles. The number of nitrogens with one attached hydrogen (secondary N) is 1. The summed E-state index contributed by atoms with van der Waals surface area (Å²) in [7, 11) is 5.51. The highest BCUT2D eigenvalue weighted by atomic mass is 35.5. The van der Waals surface area contributed by atoms with Crippen molar-refractivity contribution in [1.82, 2.24) is 14.5 Å². The number of thioether (sulfide) groups is 1. The number of benzene rings is 2. The first-order valence-corrected chi connectivity index (χ1v) is 11.9. The topological polar surface area (TPSA) is 76.5 Å². The van der Waals surface area contributed by atoms with Gasteiger partial charge in [-0.2, -0.15) is 0 Å². The summed E-state index contributed by atoms with van der Waals surface area (Å²) >= 11 is 2.74. The number of methoxy groups -OCH3 is 1. The van der Waals surface area contributed by atoms with Crippen LogP contribution in [-0.4, -0.2) is 53.9 Å². The first kappa shape index (κ1) is 25.0. The van der Waals surface area contributed by atoms with Gasteiger partial charge in [-0.05, 0) is 32.3 Å². The zero-order valence-electron chi connectivity index (χ0n) is 18.5. The zero-order valence-corrected chi connectivity index (χ0v) is 21.0. The van der Waals surface area contributed by atoms with Crippen LogP contribution in [0.3, 0.4) is 0 Å². The van der Waals surface area contributed by atoms with Crippen LogP contribution in [0.15, 0.2) is 58.5 Å². The molecule has 10 heteroatoms. The number of fused-ring (bicyclic) bond motifs is 3. The molecule has 1 amide bonds. The lowest BCUT2D eigenvalue weighted by Gasteiger charge is -2.15. The molecular formula is C23H25ClN4O3S2. The smallest absolute Gasteiger partial charge is 0.272 e. The third-order valence-electron chi connectivity index (χ3n) is 4.90. The van der Waals surface area contributed by atoms with Crippen LogP contribution in [0.1, 0.15) is 0 Å². The number of ether oxygens (including phenoxy) is 1. The summed E-state index contributed by atoms with van der Waals surface area (Å²) in [6.45, 7) is 1.20. The maximum atomic E-state index is 13.3. The summed E-state index contributed by atoms with van der Waals surface area (Å²) in [5.74, 6) is 0.635. The predicted molar refractivity (Wildman–Crippen MR) is 140 cm³/mol. The largest absolute Gasteiger partial charge is 0.497 e. The van der Waals surface area contributed by atoms with Gasteiger partial charge in [0.15, 0.2) is 5.16 Å². The van der Waals surface area contributed by atoms with Gasteiger partial charge in [0.05, 0.1) is 18.4 Å². The van der Waals surface area contributed by atoms with E-state index >= 15 is 0 Å². The third kappa shape index (κ3) is 5.67. The SMILES string of the molecule is COc1cccc(NC(=O)CSc2nc3c(sc4ccccc43)c(=O)n2CCN(C)C)c1.Cl. The molecule has 4 rings (SSSR count). The third-order valence-corrected chi connectivity index (χ3v) is 7.03. The second-order valence-corrected chi connectivity index (χ2v) is 9.49. The number of hydrogen-bond donors (Lipinski definition) is 1. The number of thiophene rings is 1. The minimum Gasteiger partial charge on any atom is -0.497 e. The Labute approximate surface area is 206 Å². The Morgan fingerprint density at radius 3 is 2.76 bits per heavy atom. The van der Waals surface area contributed by atoms with Crippen molar-refractivity contribution in [2.24, 2.45) is 0 Å². The number of carbonyl (C=O) groups excluding carboxylic acids is 1. The van der Waals surface area contributed by atoms with Crippen LogP contribution in [0.5, 0.6) is 5.75 Å². The van der Waals surface area contributed by atoms with Gasteiger partial charge in [-0.3, -0.25) is 14.2 Å². The van der Waals surface area contributed by atoms with E-state index in [1.165, 1.54) is 23.1 Å². The average Bonchev–Trinajstić information content (AvgIpc) is 3.16. The number of anilines is 1. The standard InChI is InChI=1S/C23H24N4O3S2.ClH/c1-26(2)11-12-27-22(29)21-20(17-9-4-5-10-18(17)32-21)25-23(27)31-14-19(28)24-15-7-6-8-16(13-15)30-3;/h4-10,13H,11-12,14H2,1-3H3,(H,24,28);1H. The van der Waals surface area contributed by atoms with Gasteiger partial charge >= 0.3 is 0 Å². The summed E-state index contributed by atoms with van der Waals surface area (Å²) in [6, 6.07) is 15.1. The van der Waals surface area contributed by atoms with Crippen LogP contribution in [0.25, 0.3) is 20.3 Å². The van der Waals surface area contributed by atoms with Crippen LogP contribution in [0.4, 0.5) is 5.69 Å². The van der Waals surface area contributed by atoms with E-state index in [0.717, 1.165) is 10.1 Å². The molecule has 174 valence electrons. The van der Waals surface area contributed by atoms with E-state index in [1.807, 2.05) is 55.4 Å². The minimum atomic E-state index is -0.174. The van der Waals surface area contributed by atoms with Gasteiger partial charge in [-0.25, -0.2) is 4.98 Å². The van der Waals surface area contributed by atoms with Crippen molar-refractivity contribution < 1.29 is 9.53 Å². The van der Waals surface area contributed by atoms with Crippen LogP contribution < -0.4 is 15.6 Å². The van der Waals surface area contributed by atoms with Gasteiger partial charge in [0.25, 0.3) is 5.56 Å². The van der Waals surface area contributed by atoms with E-state index in [9.17, 15) is 9.59 Å². The van der Waals surface area contributed by atoms with Crippen molar-refractivity contribution in [3.63, 3.8) is 0 Å². The fraction of sp³-hybridized carbons (Fsp3) is 0.261. The summed E-state index contributed by atoms with van der Waals surface area (Å²) < 4.78 is 8.56. The predicted octanol–water partition coefficient (Wildman–Crippen LogP) is 4.33. The molecule has 0 aliphatic heterocycles. The van der Waals surface area contributed by atoms with Crippen molar-refractivity contribution in [1.29, 1.82) is 0 Å². The Morgan fingerprint density at radius 2 is 2.00 bits per heavy atom. The van der Waals surface area contributed by atoms with Gasteiger partial charge in [0, 0.05) is 34.9 Å². The number of nitrogens with zero attached hydrogens (tertiary/aromatic N) is 3. The molecule has 2 heterocycles. The van der Waals surface area contributed by atoms with E-state index in [0.29, 0.717) is 39.9 Å². The molecule has 0 saturated carbocycles. The van der Waals surface area contributed by atoms with Crippen molar-refractivity contribution in [2.45, 2.75) is 11.7 Å². The van der Waals surface area contributed by atoms with E-state index < -0.39 is 0 Å². The first-order chi connectivity index (χ1) is 15.5. The van der Waals surface area contributed by atoms with Crippen molar-refractivity contribution in [3.8, 4) is 5.75 Å². The number of halogens is 1. The van der Waals surface area contributed by atoms with E-state index in [2.05, 4.69) is 5.32 Å². The number of amides is 1. The highest BCUT2D eigenvalue weighted by molar-refractivity contribution is 7.99. The molecule has 0 spiro atoms. The number of carbonyl (C=O) groups is 1. The summed E-state index contributed by atoms with van der Waals surface area (Å²) in [5, 5.41) is 4.39. The van der Waals surface area contributed by atoms with E-state index in [1.54, 1.807) is 23.8 Å². The average molecular weight is 505 g/mol. The molecule has 2 aromatic heterocycles. The monoisotopic (exact) mass is 504 g/mol. The van der Waals surface area contributed by atoms with Gasteiger partial charge < -0.3 is 15.0 Å². The Balaban J connectivity index is 0.00000306. The Morgan fingerprint density at radius 1 is 1.21 bits per heavy atom. The highest BCUT2D eigenvalue weighted by Gasteiger charge is 2.17. The fourth-order valence-electron chi connectivity index (χ4n) is 3.29. The fourth-order valence-corrected chi connectivity index (χ4v) is 5.20. The maximum absolute atomic E-state index is 13.3. The summed E-state index contributed by atoms with van der Waals surface area (Å²) in [6.07, 6.45) is 0. The molecule has 0 radical (unpaired) electrons. The summed E-state index contributed by atoms with van der Waals surface area (Å²) in [4.78, 5) is 32.8. The molecule has 7 nitrogen and oxygen atoms in total. The van der Waals surface area contributed by atoms with Crippen LogP contribution in [0, 0.1) is 0 Å². The van der Waals surface area contributed by atoms with Crippen molar-refractivity contribution in [2.75, 3.05) is 38.8 Å². The van der Waals surface area contributed by atoms with E-state index in [-0.39, 0.29) is 29.6 Å². The minimum absolute atomic E-state index is 0. The van der Waals surface area contributed by atoms with Crippen LogP contribution in [0.2, 0.25) is 0 Å². The number of hydrogen-bond acceptors (Lipinski definition) is 7. The van der Waals surface area contributed by atoms with Crippen LogP contribution >= 0.6 is 35.5 Å². The first-order valence-electron chi connectivity index (χ1n) is 10.1. The van der Waals surface area contributed by atoms with Gasteiger partial charge in [-0.1, -0.05) is 36.0 Å². The molecule has 0 bridgehead atoms. The summed E-state index contributed by atoms with van der Waals surface area (Å²) in [5.41, 5.74) is 1.30. The molecular weight excluding hydrogens is 480 g/mol. The molecule has 0 unspecified atom stereocenters. The number of rotatable bonds is 8. The lowest BCUT2D eigenvalue weighted by molar-refractivity contribution is -0.113. The molecule has 0 atom stereocenters. The maximum Gasteiger partial charge on any atom is 0.272 e. The Hall–Kier alpha value is -2.59. The highest BCUT2D eigenvalue weighted by Crippen LogP contribution is 2.31. The number of likely N-dealkylation sites (N-methyl/N-ethyl adjacent to an activating group) is 1. The molecule has 0 saturated heterocycles. The Bertz CT molecular complexity index is 1340. The van der Waals surface area contributed by atoms with Crippen LogP contribution in [-0.2, 0) is 11.3 Å². The molecule has 0 aliphatic carbocycles. The van der Waals surface area contributed by atoms with Crippen molar-refractivity contribution >= 4 is 67.4 Å². The number of aromatic nitrogens is 2. The van der Waals surface area contributed by atoms with Gasteiger partial charge in [0.2, 0.25) is 5.91 Å². The van der Waals surface area contributed by atoms with Gasteiger partial charge in [-0.15, -0.1) is 23.7 Å². The van der Waals surface area contributed by atoms with Gasteiger partial charge in [0.1, 0.15) is 10.4 Å². The quantitative estimate of drug-likeness (QED) is 0.284. The lowest BCUT2D eigenvalue weighted by Crippen LogP contribution is -2.28. The van der Waals surface area contributed by atoms with E-state index in [4.69, 9.17) is 9.72 Å². The zero-order chi connectivity index (χ0) is 22.7. The molecule has 1 N–H and O–H groups in total. The Kier molecular flexibility index (Phi) is 8.36. The normalized spacial score (nSPS) is 11.0. The lowest BCUT2D eigenvalue weighted by atomic mass is 10.2. The second-order valence-electron chi connectivity index (χ2n) is 7.50. The second kappa shape index (κ2) is 11.0. The molecule has 0 aliphatic rings. The molecule has 4 aromatic rings.